The molecule has 0 spiro atoms. The molecule has 0 unspecified atom stereocenters. The Morgan fingerprint density at radius 1 is 1.19 bits per heavy atom. The van der Waals surface area contributed by atoms with E-state index in [4.69, 9.17) is 4.74 Å². The molecule has 6 nitrogen and oxygen atoms in total. The minimum absolute atomic E-state index is 0.119. The number of para-hydroxylation sites is 2. The van der Waals surface area contributed by atoms with Gasteiger partial charge < -0.3 is 14.2 Å². The fourth-order valence-electron chi connectivity index (χ4n) is 3.54. The Morgan fingerprint density at radius 2 is 2.07 bits per heavy atom. The van der Waals surface area contributed by atoms with Gasteiger partial charge in [-0.25, -0.2) is 4.98 Å². The van der Waals surface area contributed by atoms with E-state index in [2.05, 4.69) is 9.97 Å². The molecular weight excluding hydrogens is 340 g/mol. The molecule has 3 heterocycles. The van der Waals surface area contributed by atoms with Gasteiger partial charge in [-0.3, -0.25) is 9.78 Å². The SMILES string of the molecule is O=C(CCn1cnc2ccccc21)N(Cc1ccccn1)C[C@H]1CCCO1. The quantitative estimate of drug-likeness (QED) is 0.647. The van der Waals surface area contributed by atoms with E-state index >= 15 is 0 Å². The lowest BCUT2D eigenvalue weighted by Gasteiger charge is -2.25. The summed E-state index contributed by atoms with van der Waals surface area (Å²) in [6.07, 6.45) is 6.21. The second-order valence-electron chi connectivity index (χ2n) is 6.91. The highest BCUT2D eigenvalue weighted by Crippen LogP contribution is 2.17. The highest BCUT2D eigenvalue weighted by Gasteiger charge is 2.23. The van der Waals surface area contributed by atoms with Gasteiger partial charge in [0, 0.05) is 32.3 Å². The number of rotatable bonds is 7. The first kappa shape index (κ1) is 17.7. The molecule has 1 atom stereocenters. The van der Waals surface area contributed by atoms with Crippen molar-refractivity contribution in [3.8, 4) is 0 Å². The number of amides is 1. The van der Waals surface area contributed by atoms with E-state index in [0.717, 1.165) is 36.2 Å². The van der Waals surface area contributed by atoms with Crippen molar-refractivity contribution in [1.29, 1.82) is 0 Å². The molecule has 1 fully saturated rings. The molecule has 27 heavy (non-hydrogen) atoms. The number of hydrogen-bond acceptors (Lipinski definition) is 4. The summed E-state index contributed by atoms with van der Waals surface area (Å²) in [5.74, 6) is 0.119. The maximum atomic E-state index is 13.0. The third kappa shape index (κ3) is 4.34. The van der Waals surface area contributed by atoms with Crippen LogP contribution in [0.3, 0.4) is 0 Å². The number of ether oxygens (including phenoxy) is 1. The molecule has 0 saturated carbocycles. The van der Waals surface area contributed by atoms with Crippen LogP contribution >= 0.6 is 0 Å². The van der Waals surface area contributed by atoms with Gasteiger partial charge in [0.25, 0.3) is 0 Å². The van der Waals surface area contributed by atoms with Crippen molar-refractivity contribution in [1.82, 2.24) is 19.4 Å². The average molecular weight is 364 g/mol. The summed E-state index contributed by atoms with van der Waals surface area (Å²) in [5, 5.41) is 0. The van der Waals surface area contributed by atoms with Gasteiger partial charge in [-0.2, -0.15) is 0 Å². The number of aryl methyl sites for hydroxylation is 1. The van der Waals surface area contributed by atoms with E-state index in [-0.39, 0.29) is 12.0 Å². The smallest absolute Gasteiger partial charge is 0.224 e. The Balaban J connectivity index is 1.44. The normalized spacial score (nSPS) is 16.7. The van der Waals surface area contributed by atoms with Gasteiger partial charge in [-0.15, -0.1) is 0 Å². The van der Waals surface area contributed by atoms with E-state index in [1.165, 1.54) is 0 Å². The van der Waals surface area contributed by atoms with E-state index < -0.39 is 0 Å². The largest absolute Gasteiger partial charge is 0.376 e. The van der Waals surface area contributed by atoms with Crippen molar-refractivity contribution in [3.63, 3.8) is 0 Å². The number of fused-ring (bicyclic) bond motifs is 1. The number of aromatic nitrogens is 3. The third-order valence-electron chi connectivity index (χ3n) is 4.97. The predicted molar refractivity (Wildman–Crippen MR) is 103 cm³/mol. The van der Waals surface area contributed by atoms with E-state index in [0.29, 0.717) is 26.1 Å². The Labute approximate surface area is 158 Å². The number of pyridine rings is 1. The van der Waals surface area contributed by atoms with Crippen LogP contribution in [0.2, 0.25) is 0 Å². The minimum Gasteiger partial charge on any atom is -0.376 e. The molecule has 0 N–H and O–H groups in total. The standard InChI is InChI=1S/C21H24N4O2/c26-21(10-12-24-16-23-19-8-1-2-9-20(19)24)25(15-18-7-5-13-27-18)14-17-6-3-4-11-22-17/h1-4,6,8-9,11,16,18H,5,7,10,12-15H2/t18-/m1/s1. The fourth-order valence-corrected chi connectivity index (χ4v) is 3.54. The molecule has 1 saturated heterocycles. The van der Waals surface area contributed by atoms with Crippen molar-refractivity contribution in [3.05, 3.63) is 60.7 Å². The molecule has 0 aliphatic carbocycles. The first-order valence-electron chi connectivity index (χ1n) is 9.49. The van der Waals surface area contributed by atoms with Crippen molar-refractivity contribution in [2.75, 3.05) is 13.2 Å². The molecule has 0 bridgehead atoms. The summed E-state index contributed by atoms with van der Waals surface area (Å²) in [4.78, 5) is 23.6. The summed E-state index contributed by atoms with van der Waals surface area (Å²) in [6, 6.07) is 13.8. The Morgan fingerprint density at radius 3 is 2.89 bits per heavy atom. The lowest BCUT2D eigenvalue weighted by atomic mass is 10.2. The number of benzene rings is 1. The van der Waals surface area contributed by atoms with E-state index in [1.807, 2.05) is 51.9 Å². The Bertz CT molecular complexity index is 887. The van der Waals surface area contributed by atoms with Gasteiger partial charge in [0.15, 0.2) is 0 Å². The molecule has 0 radical (unpaired) electrons. The summed E-state index contributed by atoms with van der Waals surface area (Å²) >= 11 is 0. The molecule has 2 aromatic heterocycles. The Hall–Kier alpha value is -2.73. The summed E-state index contributed by atoms with van der Waals surface area (Å²) in [7, 11) is 0. The van der Waals surface area contributed by atoms with Gasteiger partial charge >= 0.3 is 0 Å². The number of carbonyl (C=O) groups is 1. The van der Waals surface area contributed by atoms with Crippen LogP contribution in [0.5, 0.6) is 0 Å². The maximum Gasteiger partial charge on any atom is 0.224 e. The monoisotopic (exact) mass is 364 g/mol. The predicted octanol–water partition coefficient (Wildman–Crippen LogP) is 3.03. The third-order valence-corrected chi connectivity index (χ3v) is 4.97. The van der Waals surface area contributed by atoms with Crippen molar-refractivity contribution >= 4 is 16.9 Å². The van der Waals surface area contributed by atoms with Gasteiger partial charge in [0.1, 0.15) is 0 Å². The maximum absolute atomic E-state index is 13.0. The summed E-state index contributed by atoms with van der Waals surface area (Å²) in [5.41, 5.74) is 2.91. The number of imidazole rings is 1. The summed E-state index contributed by atoms with van der Waals surface area (Å²) < 4.78 is 7.79. The highest BCUT2D eigenvalue weighted by molar-refractivity contribution is 5.77. The molecule has 1 amide bonds. The zero-order valence-electron chi connectivity index (χ0n) is 15.3. The topological polar surface area (TPSA) is 60.2 Å². The minimum atomic E-state index is 0.119. The number of carbonyl (C=O) groups excluding carboxylic acids is 1. The molecular formula is C21H24N4O2. The van der Waals surface area contributed by atoms with Gasteiger partial charge in [-0.1, -0.05) is 18.2 Å². The van der Waals surface area contributed by atoms with Crippen LogP contribution in [0, 0.1) is 0 Å². The van der Waals surface area contributed by atoms with Gasteiger partial charge in [0.2, 0.25) is 5.91 Å². The first-order valence-corrected chi connectivity index (χ1v) is 9.49. The second kappa shape index (κ2) is 8.31. The van der Waals surface area contributed by atoms with Gasteiger partial charge in [0.05, 0.1) is 35.7 Å². The lowest BCUT2D eigenvalue weighted by Crippen LogP contribution is -2.37. The fraction of sp³-hybridized carbons (Fsp3) is 0.381. The van der Waals surface area contributed by atoms with E-state index in [9.17, 15) is 4.79 Å². The van der Waals surface area contributed by atoms with Crippen LogP contribution in [0.1, 0.15) is 25.0 Å². The van der Waals surface area contributed by atoms with Crippen LogP contribution in [-0.4, -0.2) is 44.6 Å². The molecule has 1 aliphatic heterocycles. The average Bonchev–Trinajstić information content (AvgIpc) is 3.36. The number of hydrogen-bond donors (Lipinski definition) is 0. The number of nitrogens with zero attached hydrogens (tertiary/aromatic N) is 4. The Kier molecular flexibility index (Phi) is 5.44. The lowest BCUT2D eigenvalue weighted by molar-refractivity contribution is -0.133. The molecule has 1 aliphatic rings. The van der Waals surface area contributed by atoms with Crippen molar-refractivity contribution in [2.45, 2.75) is 38.5 Å². The first-order chi connectivity index (χ1) is 13.3. The van der Waals surface area contributed by atoms with Crippen LogP contribution in [0.25, 0.3) is 11.0 Å². The summed E-state index contributed by atoms with van der Waals surface area (Å²) in [6.45, 7) is 2.55. The van der Waals surface area contributed by atoms with Crippen LogP contribution in [0.15, 0.2) is 55.0 Å². The molecule has 140 valence electrons. The van der Waals surface area contributed by atoms with Crippen LogP contribution in [-0.2, 0) is 22.6 Å². The van der Waals surface area contributed by atoms with Gasteiger partial charge in [-0.05, 0) is 37.1 Å². The van der Waals surface area contributed by atoms with Crippen molar-refractivity contribution < 1.29 is 9.53 Å². The van der Waals surface area contributed by atoms with E-state index in [1.54, 1.807) is 12.5 Å². The molecule has 4 rings (SSSR count). The highest BCUT2D eigenvalue weighted by atomic mass is 16.5. The van der Waals surface area contributed by atoms with Crippen LogP contribution in [0.4, 0.5) is 0 Å². The molecule has 3 aromatic rings. The second-order valence-corrected chi connectivity index (χ2v) is 6.91. The van der Waals surface area contributed by atoms with Crippen LogP contribution < -0.4 is 0 Å². The molecule has 6 heteroatoms. The van der Waals surface area contributed by atoms with Crippen molar-refractivity contribution in [2.24, 2.45) is 0 Å². The molecule has 1 aromatic carbocycles. The zero-order chi connectivity index (χ0) is 18.5. The zero-order valence-corrected chi connectivity index (χ0v) is 15.3.